The second-order valence-electron chi connectivity index (χ2n) is 15.8. The molecular weight excluding hydrogens is 823 g/mol. The van der Waals surface area contributed by atoms with E-state index in [0.29, 0.717) is 12.8 Å². The molecule has 0 aliphatic heterocycles. The summed E-state index contributed by atoms with van der Waals surface area (Å²) in [7, 11) is 0. The Morgan fingerprint density at radius 3 is 0.737 bits per heavy atom. The summed E-state index contributed by atoms with van der Waals surface area (Å²) in [6.45, 7) is 9.08. The Morgan fingerprint density at radius 2 is 0.544 bits per heavy atom. The summed E-state index contributed by atoms with van der Waals surface area (Å²) in [4.78, 5) is 42.8. The van der Waals surface area contributed by atoms with E-state index in [1.807, 2.05) is 0 Å². The summed E-state index contributed by atoms with van der Waals surface area (Å²) < 4.78 is 3.25. The van der Waals surface area contributed by atoms with Crippen LogP contribution < -0.4 is 0 Å². The van der Waals surface area contributed by atoms with Gasteiger partial charge in [-0.1, -0.05) is 181 Å². The fourth-order valence-electron chi connectivity index (χ4n) is 6.53. The summed E-state index contributed by atoms with van der Waals surface area (Å²) in [6, 6.07) is 0. The molecule has 57 heavy (non-hydrogen) atoms. The number of rotatable bonds is 40. The van der Waals surface area contributed by atoms with Gasteiger partial charge in [-0.25, -0.2) is 19.2 Å². The van der Waals surface area contributed by atoms with Gasteiger partial charge < -0.3 is 20.4 Å². The normalized spacial score (nSPS) is 11.4. The minimum absolute atomic E-state index is 0.00133. The summed E-state index contributed by atoms with van der Waals surface area (Å²) in [5.74, 6) is -4.60. The number of hydrogen-bond acceptors (Lipinski definition) is 4. The Balaban J connectivity index is -0.000000843. The van der Waals surface area contributed by atoms with Crippen molar-refractivity contribution in [1.82, 2.24) is 0 Å². The second kappa shape index (κ2) is 50.3. The van der Waals surface area contributed by atoms with Gasteiger partial charge in [0.05, 0.1) is 0 Å². The van der Waals surface area contributed by atoms with Crippen LogP contribution in [0.1, 0.15) is 246 Å². The number of carboxylic acids is 4. The molecule has 0 aromatic heterocycles. The van der Waals surface area contributed by atoms with Gasteiger partial charge in [-0.2, -0.15) is 0 Å². The molecule has 0 aliphatic rings. The average molecular weight is 914 g/mol. The van der Waals surface area contributed by atoms with E-state index in [2.05, 4.69) is 27.7 Å². The Hall–Kier alpha value is -1.84. The predicted molar refractivity (Wildman–Crippen MR) is 242 cm³/mol. The Bertz CT molecular complexity index is 901. The van der Waals surface area contributed by atoms with E-state index in [1.165, 1.54) is 167 Å². The molecule has 0 aromatic carbocycles. The van der Waals surface area contributed by atoms with Crippen LogP contribution in [0.15, 0.2) is 23.3 Å². The zero-order chi connectivity index (χ0) is 43.0. The van der Waals surface area contributed by atoms with Crippen LogP contribution in [-0.2, 0) is 19.2 Å². The first-order chi connectivity index (χ1) is 27.6. The molecule has 0 amide bonds. The first kappa shape index (κ1) is 59.5. The monoisotopic (exact) mass is 915 g/mol. The summed E-state index contributed by atoms with van der Waals surface area (Å²) in [5, 5.41) is 35.0. The van der Waals surface area contributed by atoms with E-state index < -0.39 is 23.9 Å². The molecule has 2 radical (unpaired) electrons. The number of carbonyl (C=O) groups is 4. The molecule has 0 aromatic rings. The summed E-state index contributed by atoms with van der Waals surface area (Å²) in [5.41, 5.74) is 0.00266. The zero-order valence-electron chi connectivity index (χ0n) is 37.5. The van der Waals surface area contributed by atoms with Gasteiger partial charge in [0.2, 0.25) is 0 Å². The summed E-state index contributed by atoms with van der Waals surface area (Å²) in [6.07, 6.45) is 43.2. The average Bonchev–Trinajstić information content (AvgIpc) is 3.17. The van der Waals surface area contributed by atoms with Crippen molar-refractivity contribution in [2.24, 2.45) is 0 Å². The fraction of sp³-hybridized carbons (Fsp3) is 0.833. The molecule has 0 atom stereocenters. The van der Waals surface area contributed by atoms with Crippen LogP contribution in [0, 0.1) is 0 Å². The van der Waals surface area contributed by atoms with Crippen molar-refractivity contribution < 1.29 is 39.6 Å². The fourth-order valence-corrected chi connectivity index (χ4v) is 10.7. The van der Waals surface area contributed by atoms with Gasteiger partial charge >= 0.3 is 93.4 Å². The molecule has 8 nitrogen and oxygen atoms in total. The Labute approximate surface area is 361 Å². The van der Waals surface area contributed by atoms with Crippen molar-refractivity contribution in [3.05, 3.63) is 23.3 Å². The number of unbranched alkanes of at least 4 members (excludes halogenated alkanes) is 28. The number of carboxylic acid groups (broad SMARTS) is 4. The molecule has 9 heteroatoms. The summed E-state index contributed by atoms with van der Waals surface area (Å²) >= 11 is 0.149. The number of hydrogen-bond donors (Lipinski definition) is 4. The van der Waals surface area contributed by atoms with E-state index in [0.717, 1.165) is 50.7 Å². The van der Waals surface area contributed by atoms with Crippen molar-refractivity contribution in [3.63, 3.8) is 0 Å². The van der Waals surface area contributed by atoms with Crippen molar-refractivity contribution in [1.29, 1.82) is 0 Å². The van der Waals surface area contributed by atoms with Crippen LogP contribution >= 0.6 is 0 Å². The van der Waals surface area contributed by atoms with E-state index >= 15 is 0 Å². The molecule has 334 valence electrons. The molecule has 0 saturated carbocycles. The minimum atomic E-state index is -1.18. The van der Waals surface area contributed by atoms with Crippen LogP contribution in [-0.4, -0.2) is 65.4 Å². The van der Waals surface area contributed by atoms with Crippen molar-refractivity contribution >= 4 is 45.0 Å². The molecule has 0 heterocycles. The van der Waals surface area contributed by atoms with Crippen molar-refractivity contribution in [3.8, 4) is 0 Å². The first-order valence-corrected chi connectivity index (χ1v) is 27.6. The molecule has 4 N–H and O–H groups in total. The molecule has 0 bridgehead atoms. The SMILES string of the molecule is CCCCCCCCCCCCCCCC/C(=C/C(=O)O)C(=O)O.CCCCCCCCCCCCCCCC/C(=C/C(=O)O)C(=O)O.CCC[CH2][Sn][CH2]CCC. The number of aliphatic carboxylic acids is 4. The Kier molecular flexibility index (Phi) is 52.5. The van der Waals surface area contributed by atoms with Gasteiger partial charge in [0.15, 0.2) is 0 Å². The quantitative estimate of drug-likeness (QED) is 0.0270. The first-order valence-electron chi connectivity index (χ1n) is 23.6. The van der Waals surface area contributed by atoms with E-state index in [-0.39, 0.29) is 32.3 Å². The maximum atomic E-state index is 10.9. The van der Waals surface area contributed by atoms with Crippen LogP contribution in [0.4, 0.5) is 0 Å². The van der Waals surface area contributed by atoms with Crippen molar-refractivity contribution in [2.45, 2.75) is 255 Å². The third-order valence-electron chi connectivity index (χ3n) is 10.2. The van der Waals surface area contributed by atoms with E-state index in [1.54, 1.807) is 8.87 Å². The molecular formula is C48H90O8Sn. The Morgan fingerprint density at radius 1 is 0.333 bits per heavy atom. The van der Waals surface area contributed by atoms with Gasteiger partial charge in [-0.3, -0.25) is 0 Å². The molecule has 0 aliphatic carbocycles. The van der Waals surface area contributed by atoms with Gasteiger partial charge in [0.1, 0.15) is 0 Å². The molecule has 0 fully saturated rings. The zero-order valence-corrected chi connectivity index (χ0v) is 40.4. The molecule has 0 saturated heterocycles. The van der Waals surface area contributed by atoms with Crippen LogP contribution in [0.3, 0.4) is 0 Å². The standard InChI is InChI=1S/2C20H36O4.2C4H9.Sn/c2*1-2-3-4-5-6-7-8-9-10-11-12-13-14-15-16-18(20(23)24)17-19(21)22;2*1-3-4-2;/h2*17H,2-16H2,1H3,(H,21,22)(H,23,24);2*1,3-4H2,2H3;/b2*18-17-;;;. The third-order valence-corrected chi connectivity index (χ3v) is 14.2. The van der Waals surface area contributed by atoms with Crippen LogP contribution in [0.25, 0.3) is 0 Å². The van der Waals surface area contributed by atoms with Gasteiger partial charge in [0.25, 0.3) is 0 Å². The van der Waals surface area contributed by atoms with E-state index in [9.17, 15) is 19.2 Å². The van der Waals surface area contributed by atoms with Gasteiger partial charge in [-0.05, 0) is 25.7 Å². The maximum absolute atomic E-state index is 10.9. The van der Waals surface area contributed by atoms with E-state index in [4.69, 9.17) is 20.4 Å². The van der Waals surface area contributed by atoms with Crippen molar-refractivity contribution in [2.75, 3.05) is 0 Å². The second-order valence-corrected chi connectivity index (χ2v) is 20.1. The molecule has 0 unspecified atom stereocenters. The topological polar surface area (TPSA) is 149 Å². The van der Waals surface area contributed by atoms with Crippen LogP contribution in [0.2, 0.25) is 8.87 Å². The molecule has 0 spiro atoms. The van der Waals surface area contributed by atoms with Crippen LogP contribution in [0.5, 0.6) is 0 Å². The third kappa shape index (κ3) is 54.2. The van der Waals surface area contributed by atoms with Gasteiger partial charge in [-0.15, -0.1) is 0 Å². The molecule has 0 rings (SSSR count). The van der Waals surface area contributed by atoms with Gasteiger partial charge in [0, 0.05) is 23.3 Å². The predicted octanol–water partition coefficient (Wildman–Crippen LogP) is 15.0.